The largest absolute Gasteiger partial charge is 0.355 e. The lowest BCUT2D eigenvalue weighted by atomic mass is 10.1. The van der Waals surface area contributed by atoms with Crippen LogP contribution < -0.4 is 9.62 Å². The molecule has 0 saturated carbocycles. The highest BCUT2D eigenvalue weighted by atomic mass is 35.5. The van der Waals surface area contributed by atoms with Gasteiger partial charge in [-0.2, -0.15) is 0 Å². The van der Waals surface area contributed by atoms with Crippen molar-refractivity contribution < 1.29 is 18.0 Å². The normalized spacial score (nSPS) is 12.1. The molecule has 0 heterocycles. The van der Waals surface area contributed by atoms with Crippen LogP contribution in [-0.2, 0) is 26.2 Å². The first-order chi connectivity index (χ1) is 17.9. The number of nitrogens with one attached hydrogen (secondary N) is 1. The van der Waals surface area contributed by atoms with Crippen molar-refractivity contribution in [2.45, 2.75) is 38.3 Å². The van der Waals surface area contributed by atoms with Gasteiger partial charge in [0.05, 0.1) is 20.6 Å². The summed E-state index contributed by atoms with van der Waals surface area (Å²) in [6, 6.07) is 16.6. The van der Waals surface area contributed by atoms with E-state index in [-0.39, 0.29) is 33.1 Å². The highest BCUT2D eigenvalue weighted by molar-refractivity contribution is 7.92. The molecule has 1 N–H and O–H groups in total. The van der Waals surface area contributed by atoms with Gasteiger partial charge in [0.15, 0.2) is 0 Å². The molecule has 202 valence electrons. The van der Waals surface area contributed by atoms with Crippen LogP contribution in [0, 0.1) is 6.92 Å². The zero-order valence-corrected chi connectivity index (χ0v) is 24.2. The lowest BCUT2D eigenvalue weighted by Crippen LogP contribution is -2.51. The molecule has 3 aromatic carbocycles. The second-order valence-corrected chi connectivity index (χ2v) is 11.8. The quantitative estimate of drug-likeness (QED) is 0.325. The number of anilines is 1. The molecule has 0 aliphatic heterocycles. The number of sulfonamides is 1. The lowest BCUT2D eigenvalue weighted by Gasteiger charge is -2.32. The minimum Gasteiger partial charge on any atom is -0.355 e. The fourth-order valence-electron chi connectivity index (χ4n) is 3.70. The van der Waals surface area contributed by atoms with Gasteiger partial charge < -0.3 is 10.2 Å². The molecule has 0 aliphatic rings. The number of likely N-dealkylation sites (N-methyl/N-ethyl adjacent to an activating group) is 1. The molecule has 0 bridgehead atoms. The van der Waals surface area contributed by atoms with Gasteiger partial charge in [-0.15, -0.1) is 0 Å². The fourth-order valence-corrected chi connectivity index (χ4v) is 5.52. The maximum atomic E-state index is 13.8. The van der Waals surface area contributed by atoms with Crippen molar-refractivity contribution in [3.05, 3.63) is 92.9 Å². The molecule has 38 heavy (non-hydrogen) atoms. The molecule has 0 radical (unpaired) electrons. The standard InChI is InChI=1S/C27H28Cl3N3O4S/c1-4-31-27(35)19(3)32(16-20-7-9-21(28)10-8-20)26(34)17-33(22-11-14-24(29)25(30)15-22)38(36,37)23-12-5-18(2)6-13-23/h5-15,19H,4,16-17H2,1-3H3,(H,31,35)/t19-/m1/s1. The summed E-state index contributed by atoms with van der Waals surface area (Å²) in [4.78, 5) is 27.9. The number of carbonyl (C=O) groups excluding carboxylic acids is 2. The number of rotatable bonds is 10. The summed E-state index contributed by atoms with van der Waals surface area (Å²) >= 11 is 18.3. The van der Waals surface area contributed by atoms with Crippen LogP contribution in [0.15, 0.2) is 71.6 Å². The third-order valence-corrected chi connectivity index (χ3v) is 8.64. The van der Waals surface area contributed by atoms with Crippen LogP contribution in [0.3, 0.4) is 0 Å². The lowest BCUT2D eigenvalue weighted by molar-refractivity contribution is -0.139. The molecular weight excluding hydrogens is 569 g/mol. The first-order valence-corrected chi connectivity index (χ1v) is 14.4. The predicted molar refractivity (Wildman–Crippen MR) is 152 cm³/mol. The Bertz CT molecular complexity index is 1400. The van der Waals surface area contributed by atoms with E-state index in [0.29, 0.717) is 11.6 Å². The summed E-state index contributed by atoms with van der Waals surface area (Å²) < 4.78 is 28.5. The van der Waals surface area contributed by atoms with Crippen LogP contribution >= 0.6 is 34.8 Å². The molecule has 7 nitrogen and oxygen atoms in total. The van der Waals surface area contributed by atoms with Crippen LogP contribution in [0.2, 0.25) is 15.1 Å². The molecule has 11 heteroatoms. The van der Waals surface area contributed by atoms with E-state index in [1.54, 1.807) is 50.2 Å². The summed E-state index contributed by atoms with van der Waals surface area (Å²) in [5.74, 6) is -0.947. The summed E-state index contributed by atoms with van der Waals surface area (Å²) in [5, 5.41) is 3.62. The van der Waals surface area contributed by atoms with Crippen molar-refractivity contribution >= 4 is 62.3 Å². The van der Waals surface area contributed by atoms with E-state index in [1.807, 2.05) is 6.92 Å². The maximum absolute atomic E-state index is 13.8. The van der Waals surface area contributed by atoms with Crippen LogP contribution in [0.1, 0.15) is 25.0 Å². The van der Waals surface area contributed by atoms with Gasteiger partial charge in [0.25, 0.3) is 10.0 Å². The molecule has 2 amide bonds. The second-order valence-electron chi connectivity index (χ2n) is 8.64. The Morgan fingerprint density at radius 2 is 1.55 bits per heavy atom. The van der Waals surface area contributed by atoms with Gasteiger partial charge in [0.1, 0.15) is 12.6 Å². The van der Waals surface area contributed by atoms with Gasteiger partial charge in [-0.3, -0.25) is 13.9 Å². The number of carbonyl (C=O) groups is 2. The van der Waals surface area contributed by atoms with Crippen LogP contribution in [-0.4, -0.2) is 44.3 Å². The molecular formula is C27H28Cl3N3O4S. The summed E-state index contributed by atoms with van der Waals surface area (Å²) in [7, 11) is -4.20. The Hall–Kier alpha value is -2.78. The number of aryl methyl sites for hydroxylation is 1. The van der Waals surface area contributed by atoms with Crippen molar-refractivity contribution in [1.29, 1.82) is 0 Å². The number of amides is 2. The molecule has 0 saturated heterocycles. The molecule has 0 fully saturated rings. The molecule has 0 aromatic heterocycles. The van der Waals surface area contributed by atoms with Crippen molar-refractivity contribution in [1.82, 2.24) is 10.2 Å². The zero-order valence-electron chi connectivity index (χ0n) is 21.1. The van der Waals surface area contributed by atoms with E-state index in [2.05, 4.69) is 5.32 Å². The van der Waals surface area contributed by atoms with Crippen LogP contribution in [0.4, 0.5) is 5.69 Å². The Balaban J connectivity index is 2.05. The smallest absolute Gasteiger partial charge is 0.264 e. The van der Waals surface area contributed by atoms with E-state index < -0.39 is 28.5 Å². The first-order valence-electron chi connectivity index (χ1n) is 11.8. The summed E-state index contributed by atoms with van der Waals surface area (Å²) in [6.07, 6.45) is 0. The monoisotopic (exact) mass is 595 g/mol. The van der Waals surface area contributed by atoms with Gasteiger partial charge in [-0.25, -0.2) is 8.42 Å². The molecule has 0 unspecified atom stereocenters. The SMILES string of the molecule is CCNC(=O)[C@@H](C)N(Cc1ccc(Cl)cc1)C(=O)CN(c1ccc(Cl)c(Cl)c1)S(=O)(=O)c1ccc(C)cc1. The van der Waals surface area contributed by atoms with E-state index in [0.717, 1.165) is 15.4 Å². The van der Waals surface area contributed by atoms with Crippen molar-refractivity contribution in [3.8, 4) is 0 Å². The second kappa shape index (κ2) is 12.8. The number of hydrogen-bond donors (Lipinski definition) is 1. The predicted octanol–water partition coefficient (Wildman–Crippen LogP) is 5.70. The van der Waals surface area contributed by atoms with Crippen molar-refractivity contribution in [2.75, 3.05) is 17.4 Å². The van der Waals surface area contributed by atoms with Crippen LogP contribution in [0.25, 0.3) is 0 Å². The van der Waals surface area contributed by atoms with E-state index >= 15 is 0 Å². The molecule has 3 aromatic rings. The number of nitrogens with zero attached hydrogens (tertiary/aromatic N) is 2. The minimum absolute atomic E-state index is 0.00278. The van der Waals surface area contributed by atoms with Gasteiger partial charge in [-0.05, 0) is 68.8 Å². The molecule has 0 aliphatic carbocycles. The zero-order chi connectivity index (χ0) is 28.0. The average molecular weight is 597 g/mol. The third kappa shape index (κ3) is 7.20. The fraction of sp³-hybridized carbons (Fsp3) is 0.259. The number of benzene rings is 3. The van der Waals surface area contributed by atoms with Crippen LogP contribution in [0.5, 0.6) is 0 Å². The number of halogens is 3. The van der Waals surface area contributed by atoms with Gasteiger partial charge in [0.2, 0.25) is 11.8 Å². The number of hydrogen-bond acceptors (Lipinski definition) is 4. The molecule has 3 rings (SSSR count). The van der Waals surface area contributed by atoms with E-state index in [1.165, 1.54) is 35.2 Å². The molecule has 0 spiro atoms. The van der Waals surface area contributed by atoms with Gasteiger partial charge >= 0.3 is 0 Å². The van der Waals surface area contributed by atoms with E-state index in [9.17, 15) is 18.0 Å². The van der Waals surface area contributed by atoms with E-state index in [4.69, 9.17) is 34.8 Å². The van der Waals surface area contributed by atoms with Crippen molar-refractivity contribution in [2.24, 2.45) is 0 Å². The van der Waals surface area contributed by atoms with Gasteiger partial charge in [0, 0.05) is 18.1 Å². The third-order valence-electron chi connectivity index (χ3n) is 5.86. The molecule has 1 atom stereocenters. The Labute approximate surface area is 238 Å². The topological polar surface area (TPSA) is 86.8 Å². The highest BCUT2D eigenvalue weighted by Gasteiger charge is 2.32. The summed E-state index contributed by atoms with van der Waals surface area (Å²) in [5.41, 5.74) is 1.76. The minimum atomic E-state index is -4.20. The maximum Gasteiger partial charge on any atom is 0.264 e. The van der Waals surface area contributed by atoms with Crippen molar-refractivity contribution in [3.63, 3.8) is 0 Å². The Morgan fingerprint density at radius 3 is 2.13 bits per heavy atom. The highest BCUT2D eigenvalue weighted by Crippen LogP contribution is 2.31. The average Bonchev–Trinajstić information content (AvgIpc) is 2.88. The summed E-state index contributed by atoms with van der Waals surface area (Å²) in [6.45, 7) is 5.07. The first kappa shape index (κ1) is 29.8. The van der Waals surface area contributed by atoms with Gasteiger partial charge in [-0.1, -0.05) is 64.6 Å². The Morgan fingerprint density at radius 1 is 0.921 bits per heavy atom. The Kier molecular flexibility index (Phi) is 10.1.